The summed E-state index contributed by atoms with van der Waals surface area (Å²) in [6, 6.07) is 5.89. The third-order valence-corrected chi connectivity index (χ3v) is 4.26. The Balaban J connectivity index is 1.82. The number of nitrogens with one attached hydrogen (secondary N) is 1. The summed E-state index contributed by atoms with van der Waals surface area (Å²) in [5.41, 5.74) is 1.96. The number of rotatable bonds is 4. The van der Waals surface area contributed by atoms with Gasteiger partial charge in [-0.1, -0.05) is 6.92 Å². The Morgan fingerprint density at radius 3 is 2.55 bits per heavy atom. The topological polar surface area (TPSA) is 58.4 Å². The van der Waals surface area contributed by atoms with Gasteiger partial charge < -0.3 is 10.2 Å². The molecule has 0 unspecified atom stereocenters. The molecule has 0 amide bonds. The average molecular weight is 275 g/mol. The standard InChI is InChI=1S/C15H21N3O2/c1-11-6-8-17(9-7-11)13-4-5-15(18(19)20)14(10-13)16-12-2-3-12/h4-5,10-12,16H,2-3,6-9H2,1H3. The number of piperidine rings is 1. The molecule has 0 atom stereocenters. The molecule has 0 aromatic heterocycles. The van der Waals surface area contributed by atoms with Gasteiger partial charge in [-0.3, -0.25) is 10.1 Å². The van der Waals surface area contributed by atoms with E-state index in [1.807, 2.05) is 12.1 Å². The first-order chi connectivity index (χ1) is 9.63. The highest BCUT2D eigenvalue weighted by molar-refractivity contribution is 5.69. The minimum absolute atomic E-state index is 0.186. The number of nitro benzene ring substituents is 1. The van der Waals surface area contributed by atoms with E-state index in [2.05, 4.69) is 17.1 Å². The molecule has 0 spiro atoms. The Kier molecular flexibility index (Phi) is 3.51. The van der Waals surface area contributed by atoms with Gasteiger partial charge in [0.1, 0.15) is 5.69 Å². The summed E-state index contributed by atoms with van der Waals surface area (Å²) >= 11 is 0. The van der Waals surface area contributed by atoms with Gasteiger partial charge in [0.2, 0.25) is 0 Å². The van der Waals surface area contributed by atoms with Crippen LogP contribution in [0.3, 0.4) is 0 Å². The fourth-order valence-electron chi connectivity index (χ4n) is 2.71. The molecule has 3 rings (SSSR count). The van der Waals surface area contributed by atoms with Crippen LogP contribution >= 0.6 is 0 Å². The fraction of sp³-hybridized carbons (Fsp3) is 0.600. The SMILES string of the molecule is CC1CCN(c2ccc([N+](=O)[O-])c(NC3CC3)c2)CC1. The van der Waals surface area contributed by atoms with Gasteiger partial charge in [-0.15, -0.1) is 0 Å². The van der Waals surface area contributed by atoms with Crippen LogP contribution in [0.15, 0.2) is 18.2 Å². The van der Waals surface area contributed by atoms with Crippen molar-refractivity contribution >= 4 is 17.1 Å². The van der Waals surface area contributed by atoms with Crippen LogP contribution in [0, 0.1) is 16.0 Å². The molecule has 1 heterocycles. The molecular formula is C15H21N3O2. The second kappa shape index (κ2) is 5.31. The van der Waals surface area contributed by atoms with Crippen LogP contribution in [-0.2, 0) is 0 Å². The fourth-order valence-corrected chi connectivity index (χ4v) is 2.71. The van der Waals surface area contributed by atoms with E-state index in [1.54, 1.807) is 6.07 Å². The number of benzene rings is 1. The summed E-state index contributed by atoms with van der Waals surface area (Å²) in [5.74, 6) is 0.786. The predicted octanol–water partition coefficient (Wildman–Crippen LogP) is 3.41. The van der Waals surface area contributed by atoms with Gasteiger partial charge in [-0.25, -0.2) is 0 Å². The van der Waals surface area contributed by atoms with E-state index in [1.165, 1.54) is 12.8 Å². The van der Waals surface area contributed by atoms with Gasteiger partial charge in [-0.05, 0) is 43.7 Å². The number of nitrogens with zero attached hydrogens (tertiary/aromatic N) is 2. The third-order valence-electron chi connectivity index (χ3n) is 4.26. The van der Waals surface area contributed by atoms with Crippen molar-refractivity contribution in [2.45, 2.75) is 38.6 Å². The highest BCUT2D eigenvalue weighted by atomic mass is 16.6. The Morgan fingerprint density at radius 1 is 1.25 bits per heavy atom. The summed E-state index contributed by atoms with van der Waals surface area (Å²) in [4.78, 5) is 13.1. The lowest BCUT2D eigenvalue weighted by atomic mass is 9.99. The molecule has 1 N–H and O–H groups in total. The molecule has 5 nitrogen and oxygen atoms in total. The number of nitro groups is 1. The number of hydrogen-bond acceptors (Lipinski definition) is 4. The van der Waals surface area contributed by atoms with E-state index in [0.717, 1.165) is 37.5 Å². The zero-order valence-corrected chi connectivity index (χ0v) is 11.8. The van der Waals surface area contributed by atoms with E-state index in [-0.39, 0.29) is 10.6 Å². The number of hydrogen-bond donors (Lipinski definition) is 1. The lowest BCUT2D eigenvalue weighted by Gasteiger charge is -2.32. The van der Waals surface area contributed by atoms with Gasteiger partial charge in [0.15, 0.2) is 0 Å². The van der Waals surface area contributed by atoms with Gasteiger partial charge in [0.05, 0.1) is 4.92 Å². The molecule has 20 heavy (non-hydrogen) atoms. The Morgan fingerprint density at radius 2 is 1.95 bits per heavy atom. The van der Waals surface area contributed by atoms with Gasteiger partial charge in [0, 0.05) is 30.9 Å². The van der Waals surface area contributed by atoms with E-state index < -0.39 is 0 Å². The summed E-state index contributed by atoms with van der Waals surface area (Å²) in [5, 5.41) is 14.4. The zero-order valence-electron chi connectivity index (χ0n) is 11.8. The normalized spacial score (nSPS) is 19.9. The summed E-state index contributed by atoms with van der Waals surface area (Å²) in [6.07, 6.45) is 4.62. The maximum Gasteiger partial charge on any atom is 0.292 e. The Labute approximate surface area is 119 Å². The van der Waals surface area contributed by atoms with Crippen molar-refractivity contribution < 1.29 is 4.92 Å². The van der Waals surface area contributed by atoms with E-state index in [4.69, 9.17) is 0 Å². The van der Waals surface area contributed by atoms with Crippen LogP contribution in [0.5, 0.6) is 0 Å². The summed E-state index contributed by atoms with van der Waals surface area (Å²) < 4.78 is 0. The maximum atomic E-state index is 11.1. The molecule has 2 aliphatic rings. The third kappa shape index (κ3) is 2.86. The second-order valence-electron chi connectivity index (χ2n) is 6.05. The minimum Gasteiger partial charge on any atom is -0.377 e. The smallest absolute Gasteiger partial charge is 0.292 e. The highest BCUT2D eigenvalue weighted by Crippen LogP contribution is 2.34. The van der Waals surface area contributed by atoms with Crippen molar-refractivity contribution in [3.63, 3.8) is 0 Å². The average Bonchev–Trinajstić information content (AvgIpc) is 3.23. The van der Waals surface area contributed by atoms with Crippen molar-refractivity contribution in [1.82, 2.24) is 0 Å². The molecule has 0 radical (unpaired) electrons. The van der Waals surface area contributed by atoms with Crippen LogP contribution in [0.2, 0.25) is 0 Å². The van der Waals surface area contributed by atoms with Gasteiger partial charge in [0.25, 0.3) is 5.69 Å². The van der Waals surface area contributed by atoms with Crippen molar-refractivity contribution in [3.8, 4) is 0 Å². The Hall–Kier alpha value is -1.78. The molecule has 2 fully saturated rings. The van der Waals surface area contributed by atoms with Gasteiger partial charge >= 0.3 is 0 Å². The monoisotopic (exact) mass is 275 g/mol. The zero-order chi connectivity index (χ0) is 14.1. The molecule has 1 aliphatic carbocycles. The minimum atomic E-state index is -0.299. The molecule has 1 aromatic carbocycles. The van der Waals surface area contributed by atoms with Crippen molar-refractivity contribution in [2.24, 2.45) is 5.92 Å². The second-order valence-corrected chi connectivity index (χ2v) is 6.05. The number of anilines is 2. The van der Waals surface area contributed by atoms with Crippen LogP contribution in [-0.4, -0.2) is 24.1 Å². The van der Waals surface area contributed by atoms with Crippen LogP contribution < -0.4 is 10.2 Å². The first-order valence-corrected chi connectivity index (χ1v) is 7.43. The predicted molar refractivity (Wildman–Crippen MR) is 80.4 cm³/mol. The van der Waals surface area contributed by atoms with Crippen LogP contribution in [0.4, 0.5) is 17.1 Å². The highest BCUT2D eigenvalue weighted by Gasteiger charge is 2.26. The van der Waals surface area contributed by atoms with E-state index in [9.17, 15) is 10.1 Å². The lowest BCUT2D eigenvalue weighted by Crippen LogP contribution is -2.32. The molecule has 5 heteroatoms. The Bertz CT molecular complexity index is 506. The van der Waals surface area contributed by atoms with E-state index in [0.29, 0.717) is 11.7 Å². The van der Waals surface area contributed by atoms with Crippen LogP contribution in [0.1, 0.15) is 32.6 Å². The maximum absolute atomic E-state index is 11.1. The first kappa shape index (κ1) is 13.2. The molecule has 1 aromatic rings. The summed E-state index contributed by atoms with van der Waals surface area (Å²) in [6.45, 7) is 4.37. The molecule has 108 valence electrons. The van der Waals surface area contributed by atoms with Crippen molar-refractivity contribution in [1.29, 1.82) is 0 Å². The largest absolute Gasteiger partial charge is 0.377 e. The quantitative estimate of drug-likeness (QED) is 0.676. The molecule has 1 saturated heterocycles. The molecule has 1 aliphatic heterocycles. The van der Waals surface area contributed by atoms with Crippen LogP contribution in [0.25, 0.3) is 0 Å². The molecular weight excluding hydrogens is 254 g/mol. The van der Waals surface area contributed by atoms with Crippen molar-refractivity contribution in [3.05, 3.63) is 28.3 Å². The molecule has 1 saturated carbocycles. The van der Waals surface area contributed by atoms with E-state index >= 15 is 0 Å². The van der Waals surface area contributed by atoms with Gasteiger partial charge in [-0.2, -0.15) is 0 Å². The lowest BCUT2D eigenvalue weighted by molar-refractivity contribution is -0.384. The molecule has 0 bridgehead atoms. The first-order valence-electron chi connectivity index (χ1n) is 7.43. The summed E-state index contributed by atoms with van der Waals surface area (Å²) in [7, 11) is 0. The van der Waals surface area contributed by atoms with Crippen molar-refractivity contribution in [2.75, 3.05) is 23.3 Å².